The molecule has 3 rings (SSSR count). The zero-order valence-corrected chi connectivity index (χ0v) is 16.6. The molecule has 1 aliphatic rings. The first-order valence-corrected chi connectivity index (χ1v) is 9.48. The Balaban J connectivity index is 1.55. The van der Waals surface area contributed by atoms with Gasteiger partial charge < -0.3 is 10.2 Å². The largest absolute Gasteiger partial charge is 0.350 e. The number of hydrogen-bond donors (Lipinski definition) is 1. The minimum atomic E-state index is -0.254. The van der Waals surface area contributed by atoms with Gasteiger partial charge in [-0.05, 0) is 32.9 Å². The summed E-state index contributed by atoms with van der Waals surface area (Å²) < 4.78 is 1.35. The van der Waals surface area contributed by atoms with E-state index in [9.17, 15) is 14.4 Å². The topological polar surface area (TPSA) is 87.5 Å². The molecule has 28 heavy (non-hydrogen) atoms. The monoisotopic (exact) mass is 385 g/mol. The van der Waals surface area contributed by atoms with Gasteiger partial charge in [-0.1, -0.05) is 12.1 Å². The maximum absolute atomic E-state index is 12.6. The summed E-state index contributed by atoms with van der Waals surface area (Å²) in [5.74, 6) is -0.126. The lowest BCUT2D eigenvalue weighted by Crippen LogP contribution is -2.53. The van der Waals surface area contributed by atoms with Gasteiger partial charge in [-0.25, -0.2) is 4.98 Å². The van der Waals surface area contributed by atoms with Crippen molar-refractivity contribution in [3.63, 3.8) is 0 Å². The molecule has 2 amide bonds. The molecule has 0 atom stereocenters. The van der Waals surface area contributed by atoms with E-state index in [2.05, 4.69) is 10.3 Å². The number of benzene rings is 1. The maximum atomic E-state index is 12.6. The standard InChI is InChI=1S/C20H27N5O3/c1-20(2,3)22-17(26)12-23-8-10-24(11-9-23)18(27)13-25-14-21-16-7-5-4-6-15(16)19(25)28/h4-7,14H,8-13H2,1-3H3,(H,22,26). The van der Waals surface area contributed by atoms with Crippen LogP contribution in [0.5, 0.6) is 0 Å². The molecule has 1 aromatic heterocycles. The number of hydrogen-bond acceptors (Lipinski definition) is 5. The Labute approximate surface area is 164 Å². The molecule has 1 aliphatic heterocycles. The lowest BCUT2D eigenvalue weighted by Gasteiger charge is -2.35. The van der Waals surface area contributed by atoms with E-state index in [0.717, 1.165) is 0 Å². The fraction of sp³-hybridized carbons (Fsp3) is 0.500. The van der Waals surface area contributed by atoms with E-state index in [1.165, 1.54) is 10.9 Å². The zero-order valence-electron chi connectivity index (χ0n) is 16.6. The molecule has 8 heteroatoms. The first-order chi connectivity index (χ1) is 13.2. The Kier molecular flexibility index (Phi) is 5.79. The maximum Gasteiger partial charge on any atom is 0.261 e. The molecule has 0 spiro atoms. The summed E-state index contributed by atoms with van der Waals surface area (Å²) in [6.45, 7) is 8.49. The second-order valence-corrected chi connectivity index (χ2v) is 8.15. The molecule has 2 aromatic rings. The average molecular weight is 385 g/mol. The second kappa shape index (κ2) is 8.10. The third kappa shape index (κ3) is 4.95. The van der Waals surface area contributed by atoms with Gasteiger partial charge in [0.1, 0.15) is 6.54 Å². The normalized spacial score (nSPS) is 15.6. The molecular weight excluding hydrogens is 358 g/mol. The average Bonchev–Trinajstić information content (AvgIpc) is 2.63. The summed E-state index contributed by atoms with van der Waals surface area (Å²) in [6, 6.07) is 7.10. The van der Waals surface area contributed by atoms with Crippen LogP contribution in [0.4, 0.5) is 0 Å². The van der Waals surface area contributed by atoms with E-state index in [1.54, 1.807) is 23.1 Å². The Bertz CT molecular complexity index is 923. The number of nitrogens with one attached hydrogen (secondary N) is 1. The number of piperazine rings is 1. The highest BCUT2D eigenvalue weighted by atomic mass is 16.2. The molecule has 1 fully saturated rings. The van der Waals surface area contributed by atoms with Crippen molar-refractivity contribution in [2.45, 2.75) is 32.9 Å². The van der Waals surface area contributed by atoms with Crippen LogP contribution >= 0.6 is 0 Å². The molecule has 1 saturated heterocycles. The van der Waals surface area contributed by atoms with Crippen LogP contribution in [0.25, 0.3) is 10.9 Å². The third-order valence-electron chi connectivity index (χ3n) is 4.64. The smallest absolute Gasteiger partial charge is 0.261 e. The number of fused-ring (bicyclic) bond motifs is 1. The number of para-hydroxylation sites is 1. The van der Waals surface area contributed by atoms with Gasteiger partial charge in [-0.15, -0.1) is 0 Å². The van der Waals surface area contributed by atoms with Crippen LogP contribution in [-0.2, 0) is 16.1 Å². The van der Waals surface area contributed by atoms with E-state index < -0.39 is 0 Å². The van der Waals surface area contributed by atoms with E-state index in [-0.39, 0.29) is 29.5 Å². The number of nitrogens with zero attached hydrogens (tertiary/aromatic N) is 4. The molecule has 1 aromatic carbocycles. The molecule has 0 bridgehead atoms. The first-order valence-electron chi connectivity index (χ1n) is 9.48. The highest BCUT2D eigenvalue weighted by molar-refractivity contribution is 5.80. The molecule has 0 radical (unpaired) electrons. The number of amides is 2. The first kappa shape index (κ1) is 20.0. The van der Waals surface area contributed by atoms with Crippen LogP contribution in [0.15, 0.2) is 35.4 Å². The lowest BCUT2D eigenvalue weighted by atomic mass is 10.1. The van der Waals surface area contributed by atoms with Gasteiger partial charge in [0.2, 0.25) is 11.8 Å². The van der Waals surface area contributed by atoms with Gasteiger partial charge in [-0.3, -0.25) is 23.9 Å². The lowest BCUT2D eigenvalue weighted by molar-refractivity contribution is -0.134. The fourth-order valence-corrected chi connectivity index (χ4v) is 3.28. The van der Waals surface area contributed by atoms with Crippen LogP contribution in [0.2, 0.25) is 0 Å². The second-order valence-electron chi connectivity index (χ2n) is 8.15. The summed E-state index contributed by atoms with van der Waals surface area (Å²) in [5, 5.41) is 3.45. The summed E-state index contributed by atoms with van der Waals surface area (Å²) in [6.07, 6.45) is 1.43. The Hall–Kier alpha value is -2.74. The van der Waals surface area contributed by atoms with Crippen LogP contribution in [-0.4, -0.2) is 69.4 Å². The fourth-order valence-electron chi connectivity index (χ4n) is 3.28. The minimum absolute atomic E-state index is 0.0129. The molecular formula is C20H27N5O3. The molecule has 150 valence electrons. The zero-order chi connectivity index (χ0) is 20.3. The highest BCUT2D eigenvalue weighted by Gasteiger charge is 2.24. The van der Waals surface area contributed by atoms with Crippen molar-refractivity contribution in [1.29, 1.82) is 0 Å². The molecule has 8 nitrogen and oxygen atoms in total. The molecule has 2 heterocycles. The van der Waals surface area contributed by atoms with Gasteiger partial charge in [0.05, 0.1) is 23.8 Å². The minimum Gasteiger partial charge on any atom is -0.350 e. The van der Waals surface area contributed by atoms with Crippen LogP contribution in [0.3, 0.4) is 0 Å². The van der Waals surface area contributed by atoms with Crippen molar-refractivity contribution in [1.82, 2.24) is 24.7 Å². The predicted molar refractivity (Wildman–Crippen MR) is 107 cm³/mol. The SMILES string of the molecule is CC(C)(C)NC(=O)CN1CCN(C(=O)Cn2cnc3ccccc3c2=O)CC1. The molecule has 0 aliphatic carbocycles. The van der Waals surface area contributed by atoms with Crippen molar-refractivity contribution in [2.24, 2.45) is 0 Å². The van der Waals surface area contributed by atoms with Gasteiger partial charge >= 0.3 is 0 Å². The number of rotatable bonds is 4. The van der Waals surface area contributed by atoms with Crippen molar-refractivity contribution in [2.75, 3.05) is 32.7 Å². The van der Waals surface area contributed by atoms with E-state index in [1.807, 2.05) is 31.7 Å². The van der Waals surface area contributed by atoms with E-state index in [0.29, 0.717) is 43.6 Å². The highest BCUT2D eigenvalue weighted by Crippen LogP contribution is 2.07. The summed E-state index contributed by atoms with van der Waals surface area (Å²) in [5.41, 5.74) is 0.158. The Morgan fingerprint density at radius 1 is 1.07 bits per heavy atom. The third-order valence-corrected chi connectivity index (χ3v) is 4.64. The summed E-state index contributed by atoms with van der Waals surface area (Å²) in [7, 11) is 0. The number of aromatic nitrogens is 2. The Morgan fingerprint density at radius 3 is 2.43 bits per heavy atom. The van der Waals surface area contributed by atoms with E-state index >= 15 is 0 Å². The van der Waals surface area contributed by atoms with Gasteiger partial charge in [0.25, 0.3) is 5.56 Å². The van der Waals surface area contributed by atoms with Gasteiger partial charge in [0.15, 0.2) is 0 Å². The summed E-state index contributed by atoms with van der Waals surface area (Å²) >= 11 is 0. The van der Waals surface area contributed by atoms with Crippen molar-refractivity contribution >= 4 is 22.7 Å². The van der Waals surface area contributed by atoms with E-state index in [4.69, 9.17) is 0 Å². The van der Waals surface area contributed by atoms with Crippen LogP contribution in [0.1, 0.15) is 20.8 Å². The number of carbonyl (C=O) groups excluding carboxylic acids is 2. The molecule has 0 unspecified atom stereocenters. The van der Waals surface area contributed by atoms with Crippen molar-refractivity contribution < 1.29 is 9.59 Å². The van der Waals surface area contributed by atoms with Crippen LogP contribution in [0, 0.1) is 0 Å². The number of carbonyl (C=O) groups is 2. The molecule has 0 saturated carbocycles. The van der Waals surface area contributed by atoms with Crippen LogP contribution < -0.4 is 10.9 Å². The van der Waals surface area contributed by atoms with Crippen molar-refractivity contribution in [3.8, 4) is 0 Å². The van der Waals surface area contributed by atoms with Gasteiger partial charge in [-0.2, -0.15) is 0 Å². The molecule has 1 N–H and O–H groups in total. The van der Waals surface area contributed by atoms with Crippen molar-refractivity contribution in [3.05, 3.63) is 40.9 Å². The Morgan fingerprint density at radius 2 is 1.75 bits per heavy atom. The quantitative estimate of drug-likeness (QED) is 0.826. The van der Waals surface area contributed by atoms with Gasteiger partial charge in [0, 0.05) is 31.7 Å². The predicted octanol–water partition coefficient (Wildman–Crippen LogP) is 0.455. The summed E-state index contributed by atoms with van der Waals surface area (Å²) in [4.78, 5) is 45.2.